The van der Waals surface area contributed by atoms with Crippen molar-refractivity contribution < 1.29 is 14.3 Å². The van der Waals surface area contributed by atoms with Crippen LogP contribution in [0.25, 0.3) is 10.9 Å². The van der Waals surface area contributed by atoms with E-state index in [9.17, 15) is 14.7 Å². The predicted molar refractivity (Wildman–Crippen MR) is 116 cm³/mol. The number of carbonyl (C=O) groups is 1. The average Bonchev–Trinajstić information content (AvgIpc) is 3.34. The second-order valence-electron chi connectivity index (χ2n) is 7.29. The van der Waals surface area contributed by atoms with Crippen LogP contribution in [0.1, 0.15) is 23.8 Å². The van der Waals surface area contributed by atoms with E-state index in [-0.39, 0.29) is 24.3 Å². The molecule has 0 fully saturated rings. The number of benzene rings is 2. The van der Waals surface area contributed by atoms with Crippen molar-refractivity contribution in [2.45, 2.75) is 25.6 Å². The zero-order valence-corrected chi connectivity index (χ0v) is 16.9. The minimum absolute atomic E-state index is 0.111. The van der Waals surface area contributed by atoms with Crippen LogP contribution in [0.3, 0.4) is 0 Å². The molecule has 1 N–H and O–H groups in total. The maximum atomic E-state index is 13.1. The number of furan rings is 1. The Hall–Kier alpha value is -3.71. The first kappa shape index (κ1) is 20.6. The van der Waals surface area contributed by atoms with Crippen LogP contribution < -0.4 is 5.43 Å². The zero-order chi connectivity index (χ0) is 21.6. The van der Waals surface area contributed by atoms with Gasteiger partial charge in [0.25, 0.3) is 0 Å². The van der Waals surface area contributed by atoms with Crippen LogP contribution >= 0.6 is 0 Å². The van der Waals surface area contributed by atoms with Gasteiger partial charge in [-0.3, -0.25) is 14.3 Å². The summed E-state index contributed by atoms with van der Waals surface area (Å²) in [4.78, 5) is 26.8. The fraction of sp³-hybridized carbons (Fsp3) is 0.208. The third-order valence-corrected chi connectivity index (χ3v) is 5.13. The Morgan fingerprint density at radius 1 is 1.06 bits per heavy atom. The highest BCUT2D eigenvalue weighted by Crippen LogP contribution is 2.17. The minimum atomic E-state index is -0.922. The summed E-state index contributed by atoms with van der Waals surface area (Å²) in [6, 6.07) is 20.2. The Morgan fingerprint density at radius 3 is 2.61 bits per heavy atom. The molecule has 4 rings (SSSR count). The summed E-state index contributed by atoms with van der Waals surface area (Å²) < 4.78 is 6.95. The Kier molecular flexibility index (Phi) is 6.24. The van der Waals surface area contributed by atoms with Gasteiger partial charge in [0.1, 0.15) is 11.9 Å². The molecule has 1 amide bonds. The molecule has 0 saturated heterocycles. The predicted octanol–water partition coefficient (Wildman–Crippen LogP) is 3.14. The highest BCUT2D eigenvalue weighted by molar-refractivity contribution is 5.79. The number of nitrogens with zero attached hydrogens (tertiary/aromatic N) is 3. The van der Waals surface area contributed by atoms with E-state index in [1.54, 1.807) is 33.8 Å². The van der Waals surface area contributed by atoms with E-state index in [0.29, 0.717) is 29.8 Å². The van der Waals surface area contributed by atoms with Gasteiger partial charge in [0.15, 0.2) is 0 Å². The van der Waals surface area contributed by atoms with Crippen molar-refractivity contribution >= 4 is 16.8 Å². The SMILES string of the molecule is O=C(CCn1ncc(=O)c2ccccc21)N(Cc1ccccc1)C[C@@H](O)c1ccco1. The number of rotatable bonds is 8. The van der Waals surface area contributed by atoms with Crippen molar-refractivity contribution in [1.29, 1.82) is 0 Å². The van der Waals surface area contributed by atoms with Gasteiger partial charge < -0.3 is 14.4 Å². The number of fused-ring (bicyclic) bond motifs is 1. The number of aryl methyl sites for hydroxylation is 1. The zero-order valence-electron chi connectivity index (χ0n) is 16.9. The second-order valence-corrected chi connectivity index (χ2v) is 7.29. The van der Waals surface area contributed by atoms with Crippen LogP contribution in [0.4, 0.5) is 0 Å². The van der Waals surface area contributed by atoms with Gasteiger partial charge >= 0.3 is 0 Å². The van der Waals surface area contributed by atoms with Crippen molar-refractivity contribution in [3.05, 3.63) is 101 Å². The number of amides is 1. The molecule has 0 spiro atoms. The Balaban J connectivity index is 1.51. The maximum absolute atomic E-state index is 13.1. The first-order chi connectivity index (χ1) is 15.1. The van der Waals surface area contributed by atoms with Crippen molar-refractivity contribution in [3.63, 3.8) is 0 Å². The van der Waals surface area contributed by atoms with E-state index in [4.69, 9.17) is 4.42 Å². The van der Waals surface area contributed by atoms with Crippen LogP contribution in [0.5, 0.6) is 0 Å². The normalized spacial score (nSPS) is 12.0. The van der Waals surface area contributed by atoms with Gasteiger partial charge in [0.2, 0.25) is 11.3 Å². The molecule has 7 heteroatoms. The summed E-state index contributed by atoms with van der Waals surface area (Å²) in [6.07, 6.45) is 2.02. The fourth-order valence-corrected chi connectivity index (χ4v) is 3.54. The smallest absolute Gasteiger partial charge is 0.224 e. The molecule has 2 heterocycles. The second kappa shape index (κ2) is 9.40. The molecule has 0 aliphatic rings. The van der Waals surface area contributed by atoms with Gasteiger partial charge in [-0.15, -0.1) is 0 Å². The Morgan fingerprint density at radius 2 is 1.84 bits per heavy atom. The average molecular weight is 417 g/mol. The molecule has 0 radical (unpaired) electrons. The number of para-hydroxylation sites is 1. The Labute approximate surface area is 179 Å². The lowest BCUT2D eigenvalue weighted by Crippen LogP contribution is -2.35. The lowest BCUT2D eigenvalue weighted by atomic mass is 10.1. The lowest BCUT2D eigenvalue weighted by molar-refractivity contribution is -0.133. The topological polar surface area (TPSA) is 88.6 Å². The highest BCUT2D eigenvalue weighted by Gasteiger charge is 2.21. The van der Waals surface area contributed by atoms with Gasteiger partial charge in [0.05, 0.1) is 31.1 Å². The molecule has 158 valence electrons. The maximum Gasteiger partial charge on any atom is 0.224 e. The van der Waals surface area contributed by atoms with E-state index in [1.165, 1.54) is 12.5 Å². The molecule has 2 aromatic carbocycles. The van der Waals surface area contributed by atoms with Gasteiger partial charge in [-0.05, 0) is 29.8 Å². The summed E-state index contributed by atoms with van der Waals surface area (Å²) in [7, 11) is 0. The molecule has 4 aromatic rings. The van der Waals surface area contributed by atoms with Gasteiger partial charge in [-0.25, -0.2) is 0 Å². The molecule has 0 bridgehead atoms. The third-order valence-electron chi connectivity index (χ3n) is 5.13. The summed E-state index contributed by atoms with van der Waals surface area (Å²) in [5.41, 5.74) is 1.51. The molecule has 1 atom stereocenters. The number of aliphatic hydroxyl groups excluding tert-OH is 1. The van der Waals surface area contributed by atoms with Crippen molar-refractivity contribution in [1.82, 2.24) is 14.7 Å². The van der Waals surface area contributed by atoms with Gasteiger partial charge in [0, 0.05) is 18.4 Å². The third kappa shape index (κ3) is 4.90. The van der Waals surface area contributed by atoms with Crippen LogP contribution in [0.15, 0.2) is 88.4 Å². The van der Waals surface area contributed by atoms with Gasteiger partial charge in [-0.1, -0.05) is 42.5 Å². The molecular weight excluding hydrogens is 394 g/mol. The molecule has 31 heavy (non-hydrogen) atoms. The number of hydrogen-bond donors (Lipinski definition) is 1. The minimum Gasteiger partial charge on any atom is -0.467 e. The molecule has 0 unspecified atom stereocenters. The summed E-state index contributed by atoms with van der Waals surface area (Å²) in [5, 5.41) is 15.3. The molecule has 7 nitrogen and oxygen atoms in total. The van der Waals surface area contributed by atoms with E-state index in [0.717, 1.165) is 5.56 Å². The Bertz CT molecular complexity index is 1200. The van der Waals surface area contributed by atoms with Crippen molar-refractivity contribution in [2.75, 3.05) is 6.54 Å². The van der Waals surface area contributed by atoms with Crippen LogP contribution in [0.2, 0.25) is 0 Å². The highest BCUT2D eigenvalue weighted by atomic mass is 16.4. The molecule has 0 saturated carbocycles. The standard InChI is InChI=1S/C24H23N3O4/c28-21-15-25-27(20-10-5-4-9-19(20)21)13-12-24(30)26(16-18-7-2-1-3-8-18)17-22(29)23-11-6-14-31-23/h1-11,14-15,22,29H,12-13,16-17H2/t22-/m1/s1. The van der Waals surface area contributed by atoms with Gasteiger partial charge in [-0.2, -0.15) is 5.10 Å². The first-order valence-corrected chi connectivity index (χ1v) is 10.1. The molecule has 0 aliphatic heterocycles. The first-order valence-electron chi connectivity index (χ1n) is 10.1. The summed E-state index contributed by atoms with van der Waals surface area (Å²) in [5.74, 6) is 0.290. The van der Waals surface area contributed by atoms with E-state index >= 15 is 0 Å². The number of hydrogen-bond acceptors (Lipinski definition) is 5. The van der Waals surface area contributed by atoms with Crippen LogP contribution in [0, 0.1) is 0 Å². The fourth-order valence-electron chi connectivity index (χ4n) is 3.54. The lowest BCUT2D eigenvalue weighted by Gasteiger charge is -2.25. The number of aliphatic hydroxyl groups is 1. The van der Waals surface area contributed by atoms with E-state index in [2.05, 4.69) is 5.10 Å². The van der Waals surface area contributed by atoms with Crippen molar-refractivity contribution in [3.8, 4) is 0 Å². The van der Waals surface area contributed by atoms with E-state index < -0.39 is 6.10 Å². The summed E-state index contributed by atoms with van der Waals surface area (Å²) >= 11 is 0. The van der Waals surface area contributed by atoms with Crippen molar-refractivity contribution in [2.24, 2.45) is 0 Å². The molecular formula is C24H23N3O4. The monoisotopic (exact) mass is 417 g/mol. The molecule has 2 aromatic heterocycles. The van der Waals surface area contributed by atoms with Crippen LogP contribution in [-0.2, 0) is 17.9 Å². The van der Waals surface area contributed by atoms with Crippen LogP contribution in [-0.4, -0.2) is 32.2 Å². The number of aromatic nitrogens is 2. The van der Waals surface area contributed by atoms with E-state index in [1.807, 2.05) is 42.5 Å². The number of carbonyl (C=O) groups excluding carboxylic acids is 1. The summed E-state index contributed by atoms with van der Waals surface area (Å²) in [6.45, 7) is 0.803. The quantitative estimate of drug-likeness (QED) is 0.476. The molecule has 0 aliphatic carbocycles. The largest absolute Gasteiger partial charge is 0.467 e.